The lowest BCUT2D eigenvalue weighted by Crippen LogP contribution is -2.49. The first kappa shape index (κ1) is 37.3. The van der Waals surface area contributed by atoms with Crippen LogP contribution in [0.15, 0.2) is 46.6 Å². The normalized spacial score (nSPS) is 21.0. The van der Waals surface area contributed by atoms with Crippen molar-refractivity contribution >= 4 is 23.5 Å². The topological polar surface area (TPSA) is 86.7 Å². The summed E-state index contributed by atoms with van der Waals surface area (Å²) in [6, 6.07) is 0. The lowest BCUT2D eigenvalue weighted by atomic mass is 9.57. The minimum atomic E-state index is -1.41. The Bertz CT molecular complexity index is 1100. The van der Waals surface area contributed by atoms with Gasteiger partial charge in [0.1, 0.15) is 17.1 Å². The lowest BCUT2D eigenvalue weighted by Gasteiger charge is -2.44. The lowest BCUT2D eigenvalue weighted by molar-refractivity contribution is -0.159. The summed E-state index contributed by atoms with van der Waals surface area (Å²) in [6.45, 7) is 21.4. The predicted molar refractivity (Wildman–Crippen MR) is 170 cm³/mol. The Morgan fingerprint density at radius 1 is 0.905 bits per heavy atom. The van der Waals surface area contributed by atoms with Crippen molar-refractivity contribution < 1.29 is 28.7 Å². The number of allylic oxidation sites excluding steroid dienone is 7. The van der Waals surface area contributed by atoms with Gasteiger partial charge in [-0.2, -0.15) is 0 Å². The van der Waals surface area contributed by atoms with Crippen LogP contribution >= 0.6 is 0 Å². The third-order valence-corrected chi connectivity index (χ3v) is 8.53. The van der Waals surface area contributed by atoms with Crippen molar-refractivity contribution in [3.05, 3.63) is 46.6 Å². The quantitative estimate of drug-likeness (QED) is 0.103. The van der Waals surface area contributed by atoms with Gasteiger partial charge < -0.3 is 9.47 Å². The van der Waals surface area contributed by atoms with E-state index >= 15 is 0 Å². The monoisotopic (exact) mass is 584 g/mol. The number of rotatable bonds is 16. The molecule has 1 aliphatic rings. The highest BCUT2D eigenvalue weighted by molar-refractivity contribution is 6.11. The second-order valence-corrected chi connectivity index (χ2v) is 13.6. The van der Waals surface area contributed by atoms with E-state index in [1.54, 1.807) is 13.8 Å². The van der Waals surface area contributed by atoms with Gasteiger partial charge in [-0.25, -0.2) is 0 Å². The highest BCUT2D eigenvalue weighted by Gasteiger charge is 2.59. The number of ether oxygens (including phenoxy) is 2. The molecule has 0 saturated carbocycles. The summed E-state index contributed by atoms with van der Waals surface area (Å²) in [5, 5.41) is 0. The fraction of sp³-hybridized carbons (Fsp3) is 0.667. The number of hydrogen-bond acceptors (Lipinski definition) is 6. The van der Waals surface area contributed by atoms with Crippen LogP contribution in [0.3, 0.4) is 0 Å². The van der Waals surface area contributed by atoms with Gasteiger partial charge in [0.05, 0.1) is 7.11 Å². The molecule has 1 fully saturated rings. The van der Waals surface area contributed by atoms with Gasteiger partial charge >= 0.3 is 11.9 Å². The summed E-state index contributed by atoms with van der Waals surface area (Å²) in [4.78, 5) is 55.2. The van der Waals surface area contributed by atoms with Crippen LogP contribution in [0, 0.1) is 28.6 Å². The average molecular weight is 585 g/mol. The van der Waals surface area contributed by atoms with E-state index in [0.29, 0.717) is 25.7 Å². The van der Waals surface area contributed by atoms with Crippen molar-refractivity contribution in [2.75, 3.05) is 7.11 Å². The predicted octanol–water partition coefficient (Wildman–Crippen LogP) is 8.31. The van der Waals surface area contributed by atoms with Crippen molar-refractivity contribution in [1.29, 1.82) is 0 Å². The van der Waals surface area contributed by atoms with E-state index in [1.807, 2.05) is 74.5 Å². The maximum Gasteiger partial charge on any atom is 0.320 e. The Balaban J connectivity index is 3.96. The van der Waals surface area contributed by atoms with E-state index in [1.165, 1.54) is 7.11 Å². The highest BCUT2D eigenvalue weighted by atomic mass is 16.6. The maximum atomic E-state index is 14.2. The van der Waals surface area contributed by atoms with Gasteiger partial charge in [-0.3, -0.25) is 19.2 Å². The number of cyclic esters (lactones) is 1. The minimum Gasteiger partial charge on any atom is -0.468 e. The molecular formula is C36H56O6. The van der Waals surface area contributed by atoms with E-state index < -0.39 is 40.7 Å². The maximum absolute atomic E-state index is 14.2. The molecule has 0 radical (unpaired) electrons. The number of carbonyl (C=O) groups excluding carboxylic acids is 4. The van der Waals surface area contributed by atoms with Gasteiger partial charge in [0.2, 0.25) is 0 Å². The highest BCUT2D eigenvalue weighted by Crippen LogP contribution is 2.52. The first-order valence-corrected chi connectivity index (χ1v) is 15.3. The molecule has 0 bridgehead atoms. The summed E-state index contributed by atoms with van der Waals surface area (Å²) < 4.78 is 11.0. The molecule has 0 aliphatic carbocycles. The van der Waals surface area contributed by atoms with Gasteiger partial charge in [0, 0.05) is 12.3 Å². The summed E-state index contributed by atoms with van der Waals surface area (Å²) in [5.74, 6) is -3.31. The van der Waals surface area contributed by atoms with Crippen LogP contribution < -0.4 is 0 Å². The number of carbonyl (C=O) groups is 4. The average Bonchev–Trinajstić information content (AvgIpc) is 3.12. The van der Waals surface area contributed by atoms with Crippen molar-refractivity contribution in [2.24, 2.45) is 28.6 Å². The first-order valence-electron chi connectivity index (χ1n) is 15.3. The molecule has 1 unspecified atom stereocenters. The molecule has 0 aromatic rings. The largest absolute Gasteiger partial charge is 0.468 e. The van der Waals surface area contributed by atoms with Gasteiger partial charge in [0.25, 0.3) is 0 Å². The standard InChI is InChI=1S/C36H56O6/c1-23(2)14-13-20-35(11,30(33(39)41-12)31(37)27(9)10)28(17-15-24(3)4)22-36(21-19-26(7)8)32(38)29(42-34(36)40)18-16-25(5)6/h14-16,19,27-30H,13,17-18,20-22H2,1-12H3/t28-,29?,30-,35+,36-/m0/s1. The molecule has 0 N–H and O–H groups in total. The molecule has 0 amide bonds. The van der Waals surface area contributed by atoms with Crippen molar-refractivity contribution in [3.8, 4) is 0 Å². The molecule has 1 heterocycles. The third kappa shape index (κ3) is 9.64. The summed E-state index contributed by atoms with van der Waals surface area (Å²) in [5.41, 5.74) is 1.95. The van der Waals surface area contributed by atoms with Crippen LogP contribution in [0.25, 0.3) is 0 Å². The van der Waals surface area contributed by atoms with Crippen LogP contribution in [0.5, 0.6) is 0 Å². The van der Waals surface area contributed by atoms with Crippen LogP contribution in [0.4, 0.5) is 0 Å². The molecule has 42 heavy (non-hydrogen) atoms. The van der Waals surface area contributed by atoms with Crippen LogP contribution in [-0.2, 0) is 28.7 Å². The molecule has 0 aromatic carbocycles. The number of Topliss-reactive ketones (excluding diaryl/α,β-unsaturated/α-hetero) is 2. The number of methoxy groups -OCH3 is 1. The molecule has 1 saturated heterocycles. The van der Waals surface area contributed by atoms with Gasteiger partial charge in [0.15, 0.2) is 11.9 Å². The minimum absolute atomic E-state index is 0.174. The zero-order valence-corrected chi connectivity index (χ0v) is 28.3. The summed E-state index contributed by atoms with van der Waals surface area (Å²) in [7, 11) is 1.31. The van der Waals surface area contributed by atoms with Crippen molar-refractivity contribution in [1.82, 2.24) is 0 Å². The molecule has 0 aromatic heterocycles. The van der Waals surface area contributed by atoms with E-state index in [4.69, 9.17) is 9.47 Å². The molecule has 0 spiro atoms. The number of hydrogen-bond donors (Lipinski definition) is 0. The molecule has 6 heteroatoms. The molecular weight excluding hydrogens is 528 g/mol. The van der Waals surface area contributed by atoms with Gasteiger partial charge in [-0.1, -0.05) is 67.4 Å². The van der Waals surface area contributed by atoms with E-state index in [2.05, 4.69) is 12.2 Å². The van der Waals surface area contributed by atoms with Gasteiger partial charge in [-0.15, -0.1) is 0 Å². The zero-order chi connectivity index (χ0) is 32.4. The Morgan fingerprint density at radius 2 is 1.45 bits per heavy atom. The van der Waals surface area contributed by atoms with Crippen molar-refractivity contribution in [2.45, 2.75) is 121 Å². The SMILES string of the molecule is COC(=O)[C@H](C(=O)C(C)C)[C@](C)(CCC=C(C)C)[C@@H](CC=C(C)C)C[C@]1(CC=C(C)C)C(=O)OC(CC=C(C)C)C1=O. The summed E-state index contributed by atoms with van der Waals surface area (Å²) >= 11 is 0. The van der Waals surface area contributed by atoms with Crippen LogP contribution in [-0.4, -0.2) is 36.7 Å². The molecule has 6 nitrogen and oxygen atoms in total. The molecule has 1 aliphatic heterocycles. The Hall–Kier alpha value is -2.76. The number of esters is 2. The first-order chi connectivity index (χ1) is 19.4. The fourth-order valence-electron chi connectivity index (χ4n) is 5.83. The smallest absolute Gasteiger partial charge is 0.320 e. The Morgan fingerprint density at radius 3 is 1.93 bits per heavy atom. The van der Waals surface area contributed by atoms with Crippen molar-refractivity contribution in [3.63, 3.8) is 0 Å². The molecule has 236 valence electrons. The Labute approximate surface area is 255 Å². The third-order valence-electron chi connectivity index (χ3n) is 8.53. The van der Waals surface area contributed by atoms with E-state index in [-0.39, 0.29) is 30.3 Å². The van der Waals surface area contributed by atoms with E-state index in [9.17, 15) is 19.2 Å². The summed E-state index contributed by atoms with van der Waals surface area (Å²) in [6.07, 6.45) is 9.57. The van der Waals surface area contributed by atoms with Gasteiger partial charge in [-0.05, 0) is 98.8 Å². The van der Waals surface area contributed by atoms with Crippen LogP contribution in [0.2, 0.25) is 0 Å². The Kier molecular flexibility index (Phi) is 14.4. The molecule has 5 atom stereocenters. The zero-order valence-electron chi connectivity index (χ0n) is 28.3. The second-order valence-electron chi connectivity index (χ2n) is 13.6. The molecule has 1 rings (SSSR count). The van der Waals surface area contributed by atoms with Crippen LogP contribution in [0.1, 0.15) is 115 Å². The fourth-order valence-corrected chi connectivity index (χ4v) is 5.83. The number of ketones is 2. The van der Waals surface area contributed by atoms with E-state index in [0.717, 1.165) is 22.3 Å². The second kappa shape index (κ2) is 16.2.